The van der Waals surface area contributed by atoms with Crippen LogP contribution in [0, 0.1) is 5.92 Å². The zero-order valence-electron chi connectivity index (χ0n) is 10.7. The van der Waals surface area contributed by atoms with Gasteiger partial charge in [0.25, 0.3) is 0 Å². The van der Waals surface area contributed by atoms with Gasteiger partial charge in [-0.15, -0.1) is 0 Å². The van der Waals surface area contributed by atoms with E-state index in [1.54, 1.807) is 0 Å². The molecule has 0 bridgehead atoms. The van der Waals surface area contributed by atoms with E-state index in [1.807, 2.05) is 4.90 Å². The first-order chi connectivity index (χ1) is 8.53. The first-order valence-corrected chi connectivity index (χ1v) is 8.56. The van der Waals surface area contributed by atoms with Crippen molar-refractivity contribution in [2.45, 2.75) is 38.1 Å². The number of sulfone groups is 1. The Hall–Kier alpha value is -0.620. The zero-order chi connectivity index (χ0) is 13.2. The van der Waals surface area contributed by atoms with Crippen LogP contribution in [0.4, 0.5) is 0 Å². The molecule has 6 heteroatoms. The second kappa shape index (κ2) is 5.57. The molecule has 0 spiro atoms. The number of carbonyl (C=O) groups is 1. The summed E-state index contributed by atoms with van der Waals surface area (Å²) in [7, 11) is -2.98. The number of amides is 1. The fourth-order valence-corrected chi connectivity index (χ4v) is 4.39. The van der Waals surface area contributed by atoms with E-state index in [0.29, 0.717) is 25.6 Å². The summed E-state index contributed by atoms with van der Waals surface area (Å²) in [6.45, 7) is 1.25. The topological polar surface area (TPSA) is 80.5 Å². The Labute approximate surface area is 109 Å². The summed E-state index contributed by atoms with van der Waals surface area (Å²) >= 11 is 0. The van der Waals surface area contributed by atoms with E-state index in [1.165, 1.54) is 6.42 Å². The number of rotatable bonds is 5. The molecular weight excluding hydrogens is 252 g/mol. The van der Waals surface area contributed by atoms with E-state index in [0.717, 1.165) is 19.3 Å². The molecule has 0 aromatic heterocycles. The SMILES string of the molecule is NCCCN(C(=O)C1CCS(=O)(=O)C1)C1CCC1. The van der Waals surface area contributed by atoms with Crippen LogP contribution in [0.3, 0.4) is 0 Å². The molecule has 0 aromatic rings. The van der Waals surface area contributed by atoms with Crippen LogP contribution in [0.2, 0.25) is 0 Å². The third kappa shape index (κ3) is 3.03. The average molecular weight is 274 g/mol. The maximum Gasteiger partial charge on any atom is 0.226 e. The van der Waals surface area contributed by atoms with Crippen LogP contribution >= 0.6 is 0 Å². The van der Waals surface area contributed by atoms with Crippen molar-refractivity contribution in [1.82, 2.24) is 4.90 Å². The third-order valence-electron chi connectivity index (χ3n) is 3.98. The van der Waals surface area contributed by atoms with Crippen LogP contribution in [0.1, 0.15) is 32.1 Å². The maximum atomic E-state index is 12.4. The molecule has 0 aromatic carbocycles. The molecule has 1 saturated carbocycles. The summed E-state index contributed by atoms with van der Waals surface area (Å²) in [5.41, 5.74) is 5.50. The predicted octanol–water partition coefficient (Wildman–Crippen LogP) is 0.151. The molecule has 104 valence electrons. The standard InChI is InChI=1S/C12H22N2O3S/c13-6-2-7-14(11-3-1-4-11)12(15)10-5-8-18(16,17)9-10/h10-11H,1-9,13H2. The fourth-order valence-electron chi connectivity index (χ4n) is 2.66. The van der Waals surface area contributed by atoms with Gasteiger partial charge in [-0.3, -0.25) is 4.79 Å². The van der Waals surface area contributed by atoms with E-state index in [-0.39, 0.29) is 23.3 Å². The number of nitrogens with two attached hydrogens (primary N) is 1. The lowest BCUT2D eigenvalue weighted by molar-refractivity contribution is -0.138. The molecule has 1 unspecified atom stereocenters. The number of hydrogen-bond acceptors (Lipinski definition) is 4. The Bertz CT molecular complexity index is 404. The van der Waals surface area contributed by atoms with Crippen molar-refractivity contribution in [1.29, 1.82) is 0 Å². The smallest absolute Gasteiger partial charge is 0.226 e. The molecule has 2 N–H and O–H groups in total. The van der Waals surface area contributed by atoms with Gasteiger partial charge in [0.05, 0.1) is 17.4 Å². The zero-order valence-corrected chi connectivity index (χ0v) is 11.5. The molecule has 2 aliphatic rings. The van der Waals surface area contributed by atoms with Gasteiger partial charge >= 0.3 is 0 Å². The van der Waals surface area contributed by atoms with Crippen molar-refractivity contribution in [3.05, 3.63) is 0 Å². The van der Waals surface area contributed by atoms with E-state index >= 15 is 0 Å². The molecule has 5 nitrogen and oxygen atoms in total. The van der Waals surface area contributed by atoms with Crippen LogP contribution in [-0.2, 0) is 14.6 Å². The first kappa shape index (κ1) is 13.8. The Morgan fingerprint density at radius 2 is 2.00 bits per heavy atom. The summed E-state index contributed by atoms with van der Waals surface area (Å²) in [5.74, 6) is -0.0705. The average Bonchev–Trinajstić information content (AvgIpc) is 2.61. The number of nitrogens with zero attached hydrogens (tertiary/aromatic N) is 1. The van der Waals surface area contributed by atoms with Crippen molar-refractivity contribution in [3.8, 4) is 0 Å². The molecule has 18 heavy (non-hydrogen) atoms. The molecule has 1 saturated heterocycles. The van der Waals surface area contributed by atoms with Crippen LogP contribution in [0.15, 0.2) is 0 Å². The minimum atomic E-state index is -2.98. The summed E-state index contributed by atoms with van der Waals surface area (Å²) in [6, 6.07) is 0.326. The minimum absolute atomic E-state index is 0.0363. The Morgan fingerprint density at radius 1 is 1.28 bits per heavy atom. The van der Waals surface area contributed by atoms with Crippen molar-refractivity contribution >= 4 is 15.7 Å². The van der Waals surface area contributed by atoms with Gasteiger partial charge in [0.1, 0.15) is 0 Å². The van der Waals surface area contributed by atoms with E-state index in [9.17, 15) is 13.2 Å². The van der Waals surface area contributed by atoms with Crippen LogP contribution in [0.5, 0.6) is 0 Å². The monoisotopic (exact) mass is 274 g/mol. The van der Waals surface area contributed by atoms with Gasteiger partial charge in [0.15, 0.2) is 9.84 Å². The predicted molar refractivity (Wildman–Crippen MR) is 69.8 cm³/mol. The highest BCUT2D eigenvalue weighted by atomic mass is 32.2. The maximum absolute atomic E-state index is 12.4. The lowest BCUT2D eigenvalue weighted by atomic mass is 9.90. The van der Waals surface area contributed by atoms with E-state index in [4.69, 9.17) is 5.73 Å². The molecule has 0 radical (unpaired) electrons. The summed E-state index contributed by atoms with van der Waals surface area (Å²) in [6.07, 6.45) is 4.56. The van der Waals surface area contributed by atoms with Gasteiger partial charge in [0.2, 0.25) is 5.91 Å². The lowest BCUT2D eigenvalue weighted by Crippen LogP contribution is -2.47. The van der Waals surface area contributed by atoms with Gasteiger partial charge in [-0.1, -0.05) is 0 Å². The van der Waals surface area contributed by atoms with Crippen LogP contribution in [0.25, 0.3) is 0 Å². The summed E-state index contributed by atoms with van der Waals surface area (Å²) in [4.78, 5) is 14.3. The van der Waals surface area contributed by atoms with Crippen LogP contribution < -0.4 is 5.73 Å². The largest absolute Gasteiger partial charge is 0.339 e. The minimum Gasteiger partial charge on any atom is -0.339 e. The second-order valence-corrected chi connectivity index (χ2v) is 7.59. The van der Waals surface area contributed by atoms with Crippen molar-refractivity contribution in [3.63, 3.8) is 0 Å². The van der Waals surface area contributed by atoms with Gasteiger partial charge in [-0.25, -0.2) is 8.42 Å². The Balaban J connectivity index is 1.98. The van der Waals surface area contributed by atoms with E-state index in [2.05, 4.69) is 0 Å². The Kier molecular flexibility index (Phi) is 4.27. The fraction of sp³-hybridized carbons (Fsp3) is 0.917. The highest BCUT2D eigenvalue weighted by Crippen LogP contribution is 2.29. The van der Waals surface area contributed by atoms with Gasteiger partial charge in [0, 0.05) is 12.6 Å². The lowest BCUT2D eigenvalue weighted by Gasteiger charge is -2.39. The van der Waals surface area contributed by atoms with Crippen molar-refractivity contribution in [2.24, 2.45) is 11.7 Å². The highest BCUT2D eigenvalue weighted by Gasteiger charge is 2.38. The number of hydrogen-bond donors (Lipinski definition) is 1. The molecule has 2 fully saturated rings. The summed E-state index contributed by atoms with van der Waals surface area (Å²) < 4.78 is 22.9. The molecule has 1 atom stereocenters. The van der Waals surface area contributed by atoms with Gasteiger partial charge in [-0.05, 0) is 38.6 Å². The molecule has 1 aliphatic carbocycles. The molecule has 1 amide bonds. The number of carbonyl (C=O) groups excluding carboxylic acids is 1. The molecule has 1 heterocycles. The van der Waals surface area contributed by atoms with Crippen molar-refractivity contribution in [2.75, 3.05) is 24.6 Å². The molecular formula is C12H22N2O3S. The normalized spacial score (nSPS) is 26.8. The second-order valence-electron chi connectivity index (χ2n) is 5.36. The first-order valence-electron chi connectivity index (χ1n) is 6.74. The summed E-state index contributed by atoms with van der Waals surface area (Å²) in [5, 5.41) is 0. The quantitative estimate of drug-likeness (QED) is 0.774. The Morgan fingerprint density at radius 3 is 2.44 bits per heavy atom. The molecule has 2 rings (SSSR count). The third-order valence-corrected chi connectivity index (χ3v) is 5.75. The van der Waals surface area contributed by atoms with Gasteiger partial charge < -0.3 is 10.6 Å². The van der Waals surface area contributed by atoms with E-state index < -0.39 is 9.84 Å². The van der Waals surface area contributed by atoms with Gasteiger partial charge in [-0.2, -0.15) is 0 Å². The van der Waals surface area contributed by atoms with Crippen molar-refractivity contribution < 1.29 is 13.2 Å². The highest BCUT2D eigenvalue weighted by molar-refractivity contribution is 7.91. The van der Waals surface area contributed by atoms with Crippen LogP contribution in [-0.4, -0.2) is 49.9 Å². The molecule has 1 aliphatic heterocycles.